The highest BCUT2D eigenvalue weighted by Crippen LogP contribution is 2.38. The molecule has 1 aromatic heterocycles. The average molecular weight is 356 g/mol. The van der Waals surface area contributed by atoms with Gasteiger partial charge in [-0.15, -0.1) is 0 Å². The molecule has 0 aliphatic rings. The lowest BCUT2D eigenvalue weighted by molar-refractivity contribution is 0.281. The Morgan fingerprint density at radius 1 is 1.09 bits per heavy atom. The third-order valence-electron chi connectivity index (χ3n) is 3.32. The quantitative estimate of drug-likeness (QED) is 0.711. The van der Waals surface area contributed by atoms with E-state index < -0.39 is 23.8 Å². The van der Waals surface area contributed by atoms with Crippen LogP contribution in [0.4, 0.5) is 8.78 Å². The normalized spacial score (nSPS) is 11.0. The second-order valence-electron chi connectivity index (χ2n) is 4.72. The fourth-order valence-electron chi connectivity index (χ4n) is 2.26. The van der Waals surface area contributed by atoms with E-state index in [1.807, 2.05) is 0 Å². The molecule has 0 spiro atoms. The summed E-state index contributed by atoms with van der Waals surface area (Å²) in [6.07, 6.45) is 0. The van der Waals surface area contributed by atoms with E-state index in [1.54, 1.807) is 12.1 Å². The topological polar surface area (TPSA) is 46.3 Å². The van der Waals surface area contributed by atoms with E-state index in [0.717, 1.165) is 12.1 Å². The first-order chi connectivity index (χ1) is 11.0. The highest BCUT2D eigenvalue weighted by molar-refractivity contribution is 6.35. The van der Waals surface area contributed by atoms with Crippen LogP contribution in [-0.2, 0) is 6.61 Å². The summed E-state index contributed by atoms with van der Waals surface area (Å²) in [6, 6.07) is 8.09. The van der Waals surface area contributed by atoms with Gasteiger partial charge in [0.1, 0.15) is 17.3 Å². The maximum absolute atomic E-state index is 14.0. The minimum absolute atomic E-state index is 0.123. The molecule has 118 valence electrons. The first kappa shape index (κ1) is 15.9. The Balaban J connectivity index is 2.24. The van der Waals surface area contributed by atoms with Crippen LogP contribution in [0.25, 0.3) is 22.6 Å². The van der Waals surface area contributed by atoms with Crippen molar-refractivity contribution in [2.45, 2.75) is 6.61 Å². The zero-order chi connectivity index (χ0) is 16.6. The Kier molecular flexibility index (Phi) is 4.35. The summed E-state index contributed by atoms with van der Waals surface area (Å²) in [7, 11) is 0. The Hall–Kier alpha value is -1.95. The lowest BCUT2D eigenvalue weighted by atomic mass is 10.0. The molecule has 0 unspecified atom stereocenters. The number of hydrogen-bond acceptors (Lipinski definition) is 3. The Bertz CT molecular complexity index is 860. The third kappa shape index (κ3) is 2.83. The molecule has 0 atom stereocenters. The first-order valence-electron chi connectivity index (χ1n) is 6.52. The SMILES string of the molecule is OCc1c(-c2cc(Cl)ccc2Cl)noc1-c1c(F)cccc1F. The van der Waals surface area contributed by atoms with Gasteiger partial charge in [-0.2, -0.15) is 0 Å². The van der Waals surface area contributed by atoms with E-state index in [2.05, 4.69) is 5.16 Å². The number of aliphatic hydroxyl groups is 1. The smallest absolute Gasteiger partial charge is 0.178 e. The number of hydrogen-bond donors (Lipinski definition) is 1. The van der Waals surface area contributed by atoms with Crippen molar-refractivity contribution in [3.05, 3.63) is 63.6 Å². The lowest BCUT2D eigenvalue weighted by Crippen LogP contribution is -1.94. The number of nitrogens with zero attached hydrogens (tertiary/aromatic N) is 1. The van der Waals surface area contributed by atoms with Crippen LogP contribution in [0.3, 0.4) is 0 Å². The Labute approximate surface area is 140 Å². The van der Waals surface area contributed by atoms with Crippen molar-refractivity contribution in [3.63, 3.8) is 0 Å². The molecule has 1 N–H and O–H groups in total. The van der Waals surface area contributed by atoms with E-state index in [-0.39, 0.29) is 17.0 Å². The van der Waals surface area contributed by atoms with Crippen molar-refractivity contribution in [2.24, 2.45) is 0 Å². The van der Waals surface area contributed by atoms with Gasteiger partial charge in [-0.05, 0) is 30.3 Å². The van der Waals surface area contributed by atoms with Crippen molar-refractivity contribution in [1.29, 1.82) is 0 Å². The van der Waals surface area contributed by atoms with Gasteiger partial charge in [0.2, 0.25) is 0 Å². The molecule has 0 radical (unpaired) electrons. The van der Waals surface area contributed by atoms with Crippen LogP contribution >= 0.6 is 23.2 Å². The van der Waals surface area contributed by atoms with Crippen LogP contribution in [-0.4, -0.2) is 10.3 Å². The standard InChI is InChI=1S/C16H9Cl2F2NO2/c17-8-4-5-11(18)9(6-8)15-10(7-22)16(23-21-15)14-12(19)2-1-3-13(14)20/h1-6,22H,7H2. The van der Waals surface area contributed by atoms with Gasteiger partial charge in [-0.1, -0.05) is 34.4 Å². The van der Waals surface area contributed by atoms with Crippen LogP contribution in [0, 0.1) is 11.6 Å². The van der Waals surface area contributed by atoms with Crippen LogP contribution in [0.1, 0.15) is 5.56 Å². The van der Waals surface area contributed by atoms with Gasteiger partial charge in [0.05, 0.1) is 22.8 Å². The summed E-state index contributed by atoms with van der Waals surface area (Å²) in [5, 5.41) is 14.2. The zero-order valence-electron chi connectivity index (χ0n) is 11.5. The molecule has 23 heavy (non-hydrogen) atoms. The van der Waals surface area contributed by atoms with Gasteiger partial charge in [0.25, 0.3) is 0 Å². The van der Waals surface area contributed by atoms with E-state index >= 15 is 0 Å². The fourth-order valence-corrected chi connectivity index (χ4v) is 2.64. The summed E-state index contributed by atoms with van der Waals surface area (Å²) >= 11 is 12.0. The van der Waals surface area contributed by atoms with E-state index in [0.29, 0.717) is 15.6 Å². The molecule has 0 aliphatic heterocycles. The molecular weight excluding hydrogens is 347 g/mol. The van der Waals surface area contributed by atoms with Gasteiger partial charge in [0.15, 0.2) is 5.76 Å². The van der Waals surface area contributed by atoms with Crippen molar-refractivity contribution in [3.8, 4) is 22.6 Å². The van der Waals surface area contributed by atoms with Crippen LogP contribution in [0.5, 0.6) is 0 Å². The van der Waals surface area contributed by atoms with Crippen LogP contribution in [0.15, 0.2) is 40.9 Å². The number of benzene rings is 2. The number of rotatable bonds is 3. The van der Waals surface area contributed by atoms with Crippen molar-refractivity contribution in [1.82, 2.24) is 5.16 Å². The molecule has 1 heterocycles. The molecule has 0 fully saturated rings. The molecule has 0 saturated heterocycles. The van der Waals surface area contributed by atoms with E-state index in [4.69, 9.17) is 27.7 Å². The lowest BCUT2D eigenvalue weighted by Gasteiger charge is -2.05. The van der Waals surface area contributed by atoms with Crippen LogP contribution in [0.2, 0.25) is 10.0 Å². The maximum Gasteiger partial charge on any atom is 0.178 e. The molecule has 3 aromatic rings. The fraction of sp³-hybridized carbons (Fsp3) is 0.0625. The van der Waals surface area contributed by atoms with Gasteiger partial charge in [-0.25, -0.2) is 8.78 Å². The molecule has 3 rings (SSSR count). The van der Waals surface area contributed by atoms with Gasteiger partial charge < -0.3 is 9.63 Å². The van der Waals surface area contributed by atoms with Crippen molar-refractivity contribution >= 4 is 23.2 Å². The number of aliphatic hydroxyl groups excluding tert-OH is 1. The highest BCUT2D eigenvalue weighted by atomic mass is 35.5. The summed E-state index contributed by atoms with van der Waals surface area (Å²) in [6.45, 7) is -0.537. The van der Waals surface area contributed by atoms with Crippen molar-refractivity contribution < 1.29 is 18.4 Å². The highest BCUT2D eigenvalue weighted by Gasteiger charge is 2.24. The average Bonchev–Trinajstić information content (AvgIpc) is 2.93. The van der Waals surface area contributed by atoms with Gasteiger partial charge in [0, 0.05) is 10.6 Å². The second kappa shape index (κ2) is 6.28. The molecular formula is C16H9Cl2F2NO2. The molecule has 3 nitrogen and oxygen atoms in total. The number of aromatic nitrogens is 1. The molecule has 7 heteroatoms. The maximum atomic E-state index is 14.0. The van der Waals surface area contributed by atoms with Crippen molar-refractivity contribution in [2.75, 3.05) is 0 Å². The molecule has 0 saturated carbocycles. The molecule has 2 aromatic carbocycles. The minimum atomic E-state index is -0.820. The summed E-state index contributed by atoms with van der Waals surface area (Å²) in [4.78, 5) is 0. The van der Waals surface area contributed by atoms with E-state index in [1.165, 1.54) is 12.1 Å². The Morgan fingerprint density at radius 2 is 1.78 bits per heavy atom. The molecule has 0 amide bonds. The number of halogens is 4. The monoisotopic (exact) mass is 355 g/mol. The summed E-state index contributed by atoms with van der Waals surface area (Å²) in [5.74, 6) is -1.83. The summed E-state index contributed by atoms with van der Waals surface area (Å²) in [5.41, 5.74) is 0.305. The first-order valence-corrected chi connectivity index (χ1v) is 7.27. The predicted molar refractivity (Wildman–Crippen MR) is 83.2 cm³/mol. The van der Waals surface area contributed by atoms with Gasteiger partial charge >= 0.3 is 0 Å². The molecule has 0 aliphatic carbocycles. The Morgan fingerprint density at radius 3 is 2.43 bits per heavy atom. The third-order valence-corrected chi connectivity index (χ3v) is 3.88. The predicted octanol–water partition coefficient (Wildman–Crippen LogP) is 5.09. The van der Waals surface area contributed by atoms with Crippen LogP contribution < -0.4 is 0 Å². The minimum Gasteiger partial charge on any atom is -0.391 e. The molecule has 0 bridgehead atoms. The second-order valence-corrected chi connectivity index (χ2v) is 5.56. The van der Waals surface area contributed by atoms with Gasteiger partial charge in [-0.3, -0.25) is 0 Å². The summed E-state index contributed by atoms with van der Waals surface area (Å²) < 4.78 is 33.0. The van der Waals surface area contributed by atoms with E-state index in [9.17, 15) is 13.9 Å². The largest absolute Gasteiger partial charge is 0.391 e. The zero-order valence-corrected chi connectivity index (χ0v) is 13.0.